The Hall–Kier alpha value is -3.20. The highest BCUT2D eigenvalue weighted by molar-refractivity contribution is 5.91. The summed E-state index contributed by atoms with van der Waals surface area (Å²) < 4.78 is 5.21. The van der Waals surface area contributed by atoms with Crippen LogP contribution in [0.2, 0.25) is 0 Å². The van der Waals surface area contributed by atoms with Crippen LogP contribution >= 0.6 is 0 Å². The molecule has 0 unspecified atom stereocenters. The summed E-state index contributed by atoms with van der Waals surface area (Å²) in [6, 6.07) is 7.39. The normalized spacial score (nSPS) is 15.4. The molecule has 0 spiro atoms. The van der Waals surface area contributed by atoms with Crippen LogP contribution in [0.4, 0.5) is 0 Å². The quantitative estimate of drug-likeness (QED) is 0.251. The minimum absolute atomic E-state index is 0.00140. The lowest BCUT2D eigenvalue weighted by Crippen LogP contribution is -2.38. The highest BCUT2D eigenvalue weighted by Crippen LogP contribution is 2.23. The molecule has 3 heterocycles. The van der Waals surface area contributed by atoms with Gasteiger partial charge >= 0.3 is 0 Å². The van der Waals surface area contributed by atoms with E-state index < -0.39 is 0 Å². The van der Waals surface area contributed by atoms with Crippen molar-refractivity contribution >= 4 is 11.6 Å². The van der Waals surface area contributed by atoms with E-state index in [1.54, 1.807) is 24.6 Å². The minimum Gasteiger partial charge on any atom is -0.459 e. The molecule has 2 aromatic rings. The molecule has 1 fully saturated rings. The molecule has 0 aromatic carbocycles. The minimum atomic E-state index is 0.00140. The zero-order valence-electron chi connectivity index (χ0n) is 17.2. The number of aromatic nitrogens is 1. The second-order valence-corrected chi connectivity index (χ2v) is 7.60. The number of rotatable bonds is 9. The number of carbonyl (C=O) groups is 1. The van der Waals surface area contributed by atoms with Gasteiger partial charge in [0.05, 0.1) is 11.4 Å². The SMILES string of the molecule is [C-]#[N+]/N=C(\CC/C=C/CCC1CCN(C(=O)c2ccco2)CC1)Cc1cccnc1. The molecule has 0 aliphatic carbocycles. The van der Waals surface area contributed by atoms with E-state index in [4.69, 9.17) is 11.0 Å². The fourth-order valence-electron chi connectivity index (χ4n) is 3.78. The molecule has 2 aromatic heterocycles. The number of allylic oxidation sites excluding steroid dienone is 2. The van der Waals surface area contributed by atoms with Crippen LogP contribution < -0.4 is 0 Å². The van der Waals surface area contributed by atoms with Crippen LogP contribution in [-0.4, -0.2) is 34.6 Å². The topological polar surface area (TPSA) is 63.1 Å². The van der Waals surface area contributed by atoms with Gasteiger partial charge in [0.2, 0.25) is 0 Å². The summed E-state index contributed by atoms with van der Waals surface area (Å²) in [6.45, 7) is 8.62. The van der Waals surface area contributed by atoms with Crippen LogP contribution in [0.5, 0.6) is 0 Å². The molecule has 1 amide bonds. The first-order chi connectivity index (χ1) is 14.8. The Labute approximate surface area is 178 Å². The van der Waals surface area contributed by atoms with Gasteiger partial charge in [-0.2, -0.15) is 6.57 Å². The van der Waals surface area contributed by atoms with Gasteiger partial charge in [0.25, 0.3) is 5.91 Å². The molecule has 156 valence electrons. The third-order valence-corrected chi connectivity index (χ3v) is 5.46. The zero-order chi connectivity index (χ0) is 21.0. The van der Waals surface area contributed by atoms with E-state index in [1.807, 2.05) is 23.2 Å². The van der Waals surface area contributed by atoms with Crippen molar-refractivity contribution in [2.75, 3.05) is 13.1 Å². The van der Waals surface area contributed by atoms with Crippen molar-refractivity contribution in [2.24, 2.45) is 11.0 Å². The summed E-state index contributed by atoms with van der Waals surface area (Å²) in [6.07, 6.45) is 16.2. The van der Waals surface area contributed by atoms with Gasteiger partial charge in [-0.1, -0.05) is 18.2 Å². The van der Waals surface area contributed by atoms with E-state index in [-0.39, 0.29) is 5.91 Å². The molecule has 3 rings (SSSR count). The average molecular weight is 405 g/mol. The molecule has 6 heteroatoms. The largest absolute Gasteiger partial charge is 0.459 e. The van der Waals surface area contributed by atoms with E-state index in [0.717, 1.165) is 62.9 Å². The molecule has 0 N–H and O–H groups in total. The second-order valence-electron chi connectivity index (χ2n) is 7.60. The summed E-state index contributed by atoms with van der Waals surface area (Å²) in [5.74, 6) is 1.10. The highest BCUT2D eigenvalue weighted by atomic mass is 16.3. The summed E-state index contributed by atoms with van der Waals surface area (Å²) in [7, 11) is 0. The van der Waals surface area contributed by atoms with Crippen LogP contribution in [0.25, 0.3) is 4.95 Å². The fourth-order valence-corrected chi connectivity index (χ4v) is 3.78. The van der Waals surface area contributed by atoms with Gasteiger partial charge in [0, 0.05) is 31.9 Å². The van der Waals surface area contributed by atoms with Crippen molar-refractivity contribution in [3.8, 4) is 0 Å². The van der Waals surface area contributed by atoms with Crippen LogP contribution in [0.1, 0.15) is 54.6 Å². The molecule has 30 heavy (non-hydrogen) atoms. The highest BCUT2D eigenvalue weighted by Gasteiger charge is 2.24. The molecule has 0 bridgehead atoms. The van der Waals surface area contributed by atoms with E-state index in [1.165, 1.54) is 0 Å². The first kappa shape index (κ1) is 21.5. The summed E-state index contributed by atoms with van der Waals surface area (Å²) in [4.78, 5) is 21.5. The van der Waals surface area contributed by atoms with Crippen molar-refractivity contribution in [2.45, 2.75) is 44.9 Å². The molecule has 0 atom stereocenters. The molecule has 1 aliphatic rings. The number of piperidine rings is 1. The smallest absolute Gasteiger partial charge is 0.289 e. The molecule has 0 saturated carbocycles. The molecular weight excluding hydrogens is 376 g/mol. The Morgan fingerprint density at radius 3 is 2.80 bits per heavy atom. The van der Waals surface area contributed by atoms with Crippen molar-refractivity contribution in [3.05, 3.63) is 77.9 Å². The molecule has 1 aliphatic heterocycles. The Morgan fingerprint density at radius 1 is 1.27 bits per heavy atom. The first-order valence-electron chi connectivity index (χ1n) is 10.5. The molecule has 6 nitrogen and oxygen atoms in total. The summed E-state index contributed by atoms with van der Waals surface area (Å²) in [5, 5.41) is 3.96. The van der Waals surface area contributed by atoms with Gasteiger partial charge in [0.15, 0.2) is 5.76 Å². The second kappa shape index (κ2) is 11.7. The van der Waals surface area contributed by atoms with Crippen molar-refractivity contribution in [3.63, 3.8) is 0 Å². The van der Waals surface area contributed by atoms with Crippen LogP contribution in [0, 0.1) is 12.5 Å². The number of furan rings is 1. The van der Waals surface area contributed by atoms with Crippen LogP contribution in [0.15, 0.2) is 64.6 Å². The fraction of sp³-hybridized carbons (Fsp3) is 0.417. The van der Waals surface area contributed by atoms with Crippen molar-refractivity contribution in [1.82, 2.24) is 9.88 Å². The Bertz CT molecular complexity index is 874. The summed E-state index contributed by atoms with van der Waals surface area (Å²) in [5.41, 5.74) is 1.98. The first-order valence-corrected chi connectivity index (χ1v) is 10.5. The lowest BCUT2D eigenvalue weighted by molar-refractivity contribution is 0.0655. The standard InChI is InChI=1S/C24H28N4O2/c1-25-27-22(18-21-9-6-14-26-19-21)10-5-3-2-4-8-20-12-15-28(16-13-20)24(29)23-11-7-17-30-23/h2-3,6-7,9,11,14,17,19-20H,4-5,8,10,12-13,15-16,18H2/b3-2+,27-22+. The van der Waals surface area contributed by atoms with Crippen LogP contribution in [0.3, 0.4) is 0 Å². The van der Waals surface area contributed by atoms with E-state index in [0.29, 0.717) is 18.1 Å². The maximum Gasteiger partial charge on any atom is 0.289 e. The Morgan fingerprint density at radius 2 is 2.10 bits per heavy atom. The Balaban J connectivity index is 1.32. The lowest BCUT2D eigenvalue weighted by Gasteiger charge is -2.31. The maximum absolute atomic E-state index is 12.3. The van der Waals surface area contributed by atoms with Gasteiger partial charge in [-0.3, -0.25) is 9.78 Å². The monoisotopic (exact) mass is 404 g/mol. The van der Waals surface area contributed by atoms with Gasteiger partial charge < -0.3 is 9.32 Å². The lowest BCUT2D eigenvalue weighted by atomic mass is 9.92. The number of hydrogen-bond acceptors (Lipinski definition) is 4. The number of carbonyl (C=O) groups excluding carboxylic acids is 1. The predicted molar refractivity (Wildman–Crippen MR) is 117 cm³/mol. The molecular formula is C24H28N4O2. The van der Waals surface area contributed by atoms with Gasteiger partial charge in [-0.05, 0) is 68.2 Å². The maximum atomic E-state index is 12.3. The van der Waals surface area contributed by atoms with Crippen molar-refractivity contribution in [1.29, 1.82) is 0 Å². The molecule has 0 radical (unpaired) electrons. The number of amides is 1. The number of pyridine rings is 1. The number of hydrogen-bond donors (Lipinski definition) is 0. The number of likely N-dealkylation sites (tertiary alicyclic amines) is 1. The van der Waals surface area contributed by atoms with E-state index in [2.05, 4.69) is 27.2 Å². The number of nitrogens with zero attached hydrogens (tertiary/aromatic N) is 4. The summed E-state index contributed by atoms with van der Waals surface area (Å²) >= 11 is 0. The van der Waals surface area contributed by atoms with Gasteiger partial charge in [-0.25, -0.2) is 0 Å². The van der Waals surface area contributed by atoms with Gasteiger partial charge in [-0.15, -0.1) is 4.95 Å². The predicted octanol–water partition coefficient (Wildman–Crippen LogP) is 5.16. The van der Waals surface area contributed by atoms with Crippen LogP contribution in [-0.2, 0) is 6.42 Å². The third-order valence-electron chi connectivity index (χ3n) is 5.46. The van der Waals surface area contributed by atoms with Crippen molar-refractivity contribution < 1.29 is 9.21 Å². The molecule has 1 saturated heterocycles. The zero-order valence-corrected chi connectivity index (χ0v) is 17.2. The third kappa shape index (κ3) is 6.70. The van der Waals surface area contributed by atoms with E-state index in [9.17, 15) is 4.79 Å². The van der Waals surface area contributed by atoms with Gasteiger partial charge in [0.1, 0.15) is 5.71 Å². The Kier molecular flexibility index (Phi) is 8.40. The average Bonchev–Trinajstić information content (AvgIpc) is 3.32. The van der Waals surface area contributed by atoms with E-state index >= 15 is 0 Å².